The lowest BCUT2D eigenvalue weighted by Crippen LogP contribution is -2.07. The fourth-order valence-corrected chi connectivity index (χ4v) is 3.06. The van der Waals surface area contributed by atoms with Gasteiger partial charge in [0, 0.05) is 9.26 Å². The van der Waals surface area contributed by atoms with Crippen molar-refractivity contribution in [2.24, 2.45) is 0 Å². The minimum atomic E-state index is -0.136. The van der Waals surface area contributed by atoms with Crippen LogP contribution in [-0.4, -0.2) is 0 Å². The second kappa shape index (κ2) is 4.88. The molecule has 0 saturated carbocycles. The summed E-state index contributed by atoms with van der Waals surface area (Å²) in [6, 6.07) is 13.7. The molecule has 0 radical (unpaired) electrons. The van der Waals surface area contributed by atoms with Crippen molar-refractivity contribution in [3.05, 3.63) is 63.0 Å². The van der Waals surface area contributed by atoms with Crippen LogP contribution in [0.4, 0.5) is 10.1 Å². The molecule has 1 aliphatic rings. The maximum absolute atomic E-state index is 13.1. The van der Waals surface area contributed by atoms with E-state index in [1.165, 1.54) is 9.13 Å². The van der Waals surface area contributed by atoms with E-state index in [9.17, 15) is 4.39 Å². The van der Waals surface area contributed by atoms with Crippen molar-refractivity contribution in [1.29, 1.82) is 0 Å². The number of benzene rings is 2. The average Bonchev–Trinajstić information content (AvgIpc) is 2.72. The molecule has 0 amide bonds. The predicted molar refractivity (Wildman–Crippen MR) is 80.2 cm³/mol. The van der Waals surface area contributed by atoms with E-state index in [4.69, 9.17) is 0 Å². The summed E-state index contributed by atoms with van der Waals surface area (Å²) >= 11 is 2.31. The van der Waals surface area contributed by atoms with Crippen LogP contribution < -0.4 is 5.32 Å². The molecule has 0 fully saturated rings. The summed E-state index contributed by atoms with van der Waals surface area (Å²) in [5.74, 6) is -0.136. The van der Waals surface area contributed by atoms with Gasteiger partial charge in [-0.1, -0.05) is 12.1 Å². The van der Waals surface area contributed by atoms with Crippen molar-refractivity contribution in [2.75, 3.05) is 5.32 Å². The minimum absolute atomic E-state index is 0.136. The number of aryl methyl sites for hydroxylation is 1. The quantitative estimate of drug-likeness (QED) is 0.783. The van der Waals surface area contributed by atoms with Gasteiger partial charge in [0.25, 0.3) is 0 Å². The first kappa shape index (κ1) is 12.0. The number of fused-ring (bicyclic) bond motifs is 1. The second-order valence-corrected chi connectivity index (χ2v) is 5.83. The number of anilines is 1. The lowest BCUT2D eigenvalue weighted by atomic mass is 10.1. The first-order valence-corrected chi connectivity index (χ1v) is 7.11. The molecule has 92 valence electrons. The van der Waals surface area contributed by atoms with E-state index in [2.05, 4.69) is 46.1 Å². The highest BCUT2D eigenvalue weighted by Gasteiger charge is 2.22. The van der Waals surface area contributed by atoms with E-state index >= 15 is 0 Å². The van der Waals surface area contributed by atoms with Crippen LogP contribution in [0.5, 0.6) is 0 Å². The highest BCUT2D eigenvalue weighted by atomic mass is 127. The fourth-order valence-electron chi connectivity index (χ4n) is 2.52. The Hall–Kier alpha value is -1.10. The van der Waals surface area contributed by atoms with E-state index in [-0.39, 0.29) is 5.82 Å². The van der Waals surface area contributed by atoms with Crippen LogP contribution in [0.3, 0.4) is 0 Å². The second-order valence-electron chi connectivity index (χ2n) is 4.59. The van der Waals surface area contributed by atoms with Gasteiger partial charge in [0.2, 0.25) is 0 Å². The third kappa shape index (κ3) is 2.36. The Labute approximate surface area is 120 Å². The largest absolute Gasteiger partial charge is 0.378 e. The first-order chi connectivity index (χ1) is 8.72. The van der Waals surface area contributed by atoms with E-state index in [1.807, 2.05) is 12.1 Å². The molecule has 0 aliphatic heterocycles. The molecular weight excluding hydrogens is 340 g/mol. The van der Waals surface area contributed by atoms with Crippen LogP contribution >= 0.6 is 22.6 Å². The minimum Gasteiger partial charge on any atom is -0.378 e. The molecule has 2 aromatic carbocycles. The Morgan fingerprint density at radius 1 is 1.17 bits per heavy atom. The van der Waals surface area contributed by atoms with E-state index < -0.39 is 0 Å². The summed E-state index contributed by atoms with van der Waals surface area (Å²) in [4.78, 5) is 0. The number of hydrogen-bond acceptors (Lipinski definition) is 1. The van der Waals surface area contributed by atoms with Crippen molar-refractivity contribution >= 4 is 28.3 Å². The normalized spacial score (nSPS) is 17.6. The maximum atomic E-state index is 13.1. The lowest BCUT2D eigenvalue weighted by molar-refractivity contribution is 0.626. The van der Waals surface area contributed by atoms with Crippen LogP contribution in [0, 0.1) is 9.39 Å². The molecule has 3 heteroatoms. The molecule has 1 N–H and O–H groups in total. The molecule has 1 aliphatic carbocycles. The van der Waals surface area contributed by atoms with E-state index in [1.54, 1.807) is 12.1 Å². The third-order valence-corrected chi connectivity index (χ3v) is 4.02. The van der Waals surface area contributed by atoms with Gasteiger partial charge in [-0.25, -0.2) is 4.39 Å². The molecule has 1 unspecified atom stereocenters. The first-order valence-electron chi connectivity index (χ1n) is 6.03. The molecule has 0 aromatic heterocycles. The van der Waals surface area contributed by atoms with Gasteiger partial charge in [-0.2, -0.15) is 0 Å². The molecule has 0 bridgehead atoms. The van der Waals surface area contributed by atoms with Crippen LogP contribution in [-0.2, 0) is 6.42 Å². The number of halogens is 2. The molecule has 0 saturated heterocycles. The van der Waals surface area contributed by atoms with Crippen molar-refractivity contribution in [2.45, 2.75) is 18.9 Å². The SMILES string of the molecule is Fc1ccc2c(c1)CCC2Nc1cccc(I)c1. The molecule has 2 aromatic rings. The summed E-state index contributed by atoms with van der Waals surface area (Å²) in [6.45, 7) is 0. The zero-order valence-electron chi connectivity index (χ0n) is 9.79. The highest BCUT2D eigenvalue weighted by molar-refractivity contribution is 14.1. The van der Waals surface area contributed by atoms with Crippen LogP contribution in [0.15, 0.2) is 42.5 Å². The van der Waals surface area contributed by atoms with Gasteiger partial charge in [-0.05, 0) is 76.9 Å². The van der Waals surface area contributed by atoms with Crippen LogP contribution in [0.2, 0.25) is 0 Å². The number of hydrogen-bond donors (Lipinski definition) is 1. The summed E-state index contributed by atoms with van der Waals surface area (Å²) in [6.07, 6.45) is 1.99. The fraction of sp³-hybridized carbons (Fsp3) is 0.200. The van der Waals surface area contributed by atoms with Crippen molar-refractivity contribution in [1.82, 2.24) is 0 Å². The van der Waals surface area contributed by atoms with Gasteiger partial charge in [-0.3, -0.25) is 0 Å². The van der Waals surface area contributed by atoms with Gasteiger partial charge >= 0.3 is 0 Å². The van der Waals surface area contributed by atoms with Gasteiger partial charge in [-0.15, -0.1) is 0 Å². The van der Waals surface area contributed by atoms with E-state index in [0.717, 1.165) is 24.1 Å². The average molecular weight is 353 g/mol. The summed E-state index contributed by atoms with van der Waals surface area (Å²) in [5.41, 5.74) is 3.50. The number of nitrogens with one attached hydrogen (secondary N) is 1. The van der Waals surface area contributed by atoms with Gasteiger partial charge in [0.1, 0.15) is 5.82 Å². The summed E-state index contributed by atoms with van der Waals surface area (Å²) in [7, 11) is 0. The molecule has 1 atom stereocenters. The third-order valence-electron chi connectivity index (χ3n) is 3.35. The molecule has 0 spiro atoms. The van der Waals surface area contributed by atoms with Crippen molar-refractivity contribution in [3.8, 4) is 0 Å². The summed E-state index contributed by atoms with van der Waals surface area (Å²) < 4.78 is 14.4. The van der Waals surface area contributed by atoms with Crippen LogP contribution in [0.25, 0.3) is 0 Å². The topological polar surface area (TPSA) is 12.0 Å². The Bertz CT molecular complexity index is 582. The molecule has 3 rings (SSSR count). The smallest absolute Gasteiger partial charge is 0.123 e. The zero-order valence-corrected chi connectivity index (χ0v) is 11.9. The van der Waals surface area contributed by atoms with Crippen molar-refractivity contribution in [3.63, 3.8) is 0 Å². The highest BCUT2D eigenvalue weighted by Crippen LogP contribution is 2.34. The summed E-state index contributed by atoms with van der Waals surface area (Å²) in [5, 5.41) is 3.53. The Morgan fingerprint density at radius 2 is 2.06 bits per heavy atom. The van der Waals surface area contributed by atoms with Gasteiger partial charge in [0.05, 0.1) is 6.04 Å². The molecule has 0 heterocycles. The Morgan fingerprint density at radius 3 is 2.89 bits per heavy atom. The monoisotopic (exact) mass is 353 g/mol. The molecule has 18 heavy (non-hydrogen) atoms. The Kier molecular flexibility index (Phi) is 3.24. The zero-order chi connectivity index (χ0) is 12.5. The van der Waals surface area contributed by atoms with Gasteiger partial charge in [0.15, 0.2) is 0 Å². The van der Waals surface area contributed by atoms with E-state index in [0.29, 0.717) is 6.04 Å². The maximum Gasteiger partial charge on any atom is 0.123 e. The molecular formula is C15H13FIN. The predicted octanol–water partition coefficient (Wildman–Crippen LogP) is 4.53. The standard InChI is InChI=1S/C15H13FIN/c16-11-5-6-14-10(8-11)4-7-15(14)18-13-3-1-2-12(17)9-13/h1-3,5-6,8-9,15,18H,4,7H2. The lowest BCUT2D eigenvalue weighted by Gasteiger charge is -2.15. The molecule has 1 nitrogen and oxygen atoms in total. The number of rotatable bonds is 2. The van der Waals surface area contributed by atoms with Crippen molar-refractivity contribution < 1.29 is 4.39 Å². The van der Waals surface area contributed by atoms with Gasteiger partial charge < -0.3 is 5.32 Å². The van der Waals surface area contributed by atoms with Crippen LogP contribution in [0.1, 0.15) is 23.6 Å². The Balaban J connectivity index is 1.85.